The van der Waals surface area contributed by atoms with Gasteiger partial charge in [-0.3, -0.25) is 4.99 Å². The highest BCUT2D eigenvalue weighted by Gasteiger charge is 2.03. The molecule has 5 heteroatoms. The van der Waals surface area contributed by atoms with E-state index in [1.807, 2.05) is 6.07 Å². The van der Waals surface area contributed by atoms with E-state index in [1.54, 1.807) is 31.3 Å². The Morgan fingerprint density at radius 1 is 1.00 bits per heavy atom. The average molecular weight is 289 g/mol. The van der Waals surface area contributed by atoms with Crippen LogP contribution in [0.5, 0.6) is 0 Å². The van der Waals surface area contributed by atoms with Crippen molar-refractivity contribution in [2.24, 2.45) is 4.99 Å². The summed E-state index contributed by atoms with van der Waals surface area (Å²) in [4.78, 5) is 4.05. The van der Waals surface area contributed by atoms with E-state index >= 15 is 0 Å². The van der Waals surface area contributed by atoms with Crippen molar-refractivity contribution in [3.8, 4) is 0 Å². The predicted molar refractivity (Wildman–Crippen MR) is 79.8 cm³/mol. The molecule has 0 aliphatic rings. The Hall–Kier alpha value is -2.43. The highest BCUT2D eigenvalue weighted by molar-refractivity contribution is 5.79. The highest BCUT2D eigenvalue weighted by Crippen LogP contribution is 2.05. The van der Waals surface area contributed by atoms with Crippen LogP contribution in [0, 0.1) is 11.6 Å². The molecule has 0 aliphatic heterocycles. The number of hydrogen-bond acceptors (Lipinski definition) is 1. The van der Waals surface area contributed by atoms with Gasteiger partial charge in [0.2, 0.25) is 0 Å². The number of benzene rings is 2. The largest absolute Gasteiger partial charge is 0.352 e. The number of nitrogens with one attached hydrogen (secondary N) is 2. The number of rotatable bonds is 4. The summed E-state index contributed by atoms with van der Waals surface area (Å²) in [6.07, 6.45) is 0. The van der Waals surface area contributed by atoms with E-state index in [0.717, 1.165) is 5.56 Å². The molecule has 21 heavy (non-hydrogen) atoms. The second kappa shape index (κ2) is 7.38. The first kappa shape index (κ1) is 15.0. The zero-order valence-corrected chi connectivity index (χ0v) is 11.7. The molecule has 2 aromatic carbocycles. The van der Waals surface area contributed by atoms with Crippen molar-refractivity contribution in [3.05, 3.63) is 71.3 Å². The first-order valence-corrected chi connectivity index (χ1v) is 6.61. The zero-order valence-electron chi connectivity index (χ0n) is 11.7. The lowest BCUT2D eigenvalue weighted by Gasteiger charge is -2.12. The lowest BCUT2D eigenvalue weighted by molar-refractivity contribution is 0.604. The molecular weight excluding hydrogens is 272 g/mol. The van der Waals surface area contributed by atoms with Crippen LogP contribution in [0.15, 0.2) is 53.5 Å². The normalized spacial score (nSPS) is 11.3. The van der Waals surface area contributed by atoms with Gasteiger partial charge in [0, 0.05) is 25.7 Å². The van der Waals surface area contributed by atoms with E-state index in [4.69, 9.17) is 0 Å². The van der Waals surface area contributed by atoms with Gasteiger partial charge in [-0.25, -0.2) is 8.78 Å². The van der Waals surface area contributed by atoms with Crippen molar-refractivity contribution in [3.63, 3.8) is 0 Å². The molecule has 2 rings (SSSR count). The Morgan fingerprint density at radius 2 is 1.76 bits per heavy atom. The zero-order chi connectivity index (χ0) is 15.1. The fraction of sp³-hybridized carbons (Fsp3) is 0.188. The summed E-state index contributed by atoms with van der Waals surface area (Å²) < 4.78 is 26.6. The summed E-state index contributed by atoms with van der Waals surface area (Å²) in [5.41, 5.74) is 1.37. The maximum absolute atomic E-state index is 13.5. The smallest absolute Gasteiger partial charge is 0.191 e. The summed E-state index contributed by atoms with van der Waals surface area (Å²) in [6.45, 7) is 0.768. The van der Waals surface area contributed by atoms with Crippen LogP contribution in [0.2, 0.25) is 0 Å². The molecule has 0 aromatic heterocycles. The first-order valence-electron chi connectivity index (χ1n) is 6.61. The minimum absolute atomic E-state index is 0.259. The Balaban J connectivity index is 1.88. The van der Waals surface area contributed by atoms with Crippen LogP contribution in [0.4, 0.5) is 8.78 Å². The molecular formula is C16H17F2N3. The molecule has 2 aromatic rings. The fourth-order valence-electron chi connectivity index (χ4n) is 1.87. The molecule has 0 amide bonds. The van der Waals surface area contributed by atoms with Crippen molar-refractivity contribution >= 4 is 5.96 Å². The molecule has 0 spiro atoms. The Morgan fingerprint density at radius 3 is 2.48 bits per heavy atom. The molecule has 0 atom stereocenters. The molecule has 0 fully saturated rings. The van der Waals surface area contributed by atoms with E-state index in [9.17, 15) is 8.78 Å². The van der Waals surface area contributed by atoms with Gasteiger partial charge >= 0.3 is 0 Å². The van der Waals surface area contributed by atoms with E-state index in [2.05, 4.69) is 15.6 Å². The van der Waals surface area contributed by atoms with Gasteiger partial charge in [0.1, 0.15) is 11.6 Å². The van der Waals surface area contributed by atoms with Crippen molar-refractivity contribution in [2.75, 3.05) is 7.05 Å². The molecule has 0 bridgehead atoms. The summed E-state index contributed by atoms with van der Waals surface area (Å²) >= 11 is 0. The molecule has 0 radical (unpaired) electrons. The van der Waals surface area contributed by atoms with Crippen LogP contribution in [0.25, 0.3) is 0 Å². The molecule has 2 N–H and O–H groups in total. The second-order valence-corrected chi connectivity index (χ2v) is 4.50. The van der Waals surface area contributed by atoms with Crippen LogP contribution in [0.3, 0.4) is 0 Å². The highest BCUT2D eigenvalue weighted by atomic mass is 19.1. The maximum atomic E-state index is 13.5. The van der Waals surface area contributed by atoms with Gasteiger partial charge in [0.15, 0.2) is 5.96 Å². The number of guanidine groups is 1. The third-order valence-corrected chi connectivity index (χ3v) is 2.98. The monoisotopic (exact) mass is 289 g/mol. The van der Waals surface area contributed by atoms with Gasteiger partial charge in [-0.15, -0.1) is 0 Å². The van der Waals surface area contributed by atoms with Gasteiger partial charge in [-0.05, 0) is 23.8 Å². The van der Waals surface area contributed by atoms with Crippen LogP contribution >= 0.6 is 0 Å². The Labute approximate surface area is 122 Å². The second-order valence-electron chi connectivity index (χ2n) is 4.50. The lowest BCUT2D eigenvalue weighted by atomic mass is 10.2. The molecule has 0 saturated heterocycles. The molecule has 0 unspecified atom stereocenters. The van der Waals surface area contributed by atoms with Crippen LogP contribution in [0.1, 0.15) is 11.1 Å². The number of halogens is 2. The SMILES string of the molecule is CN=C(NCc1cccc(F)c1)NCc1ccccc1F. The topological polar surface area (TPSA) is 36.4 Å². The van der Waals surface area contributed by atoms with Gasteiger partial charge in [-0.1, -0.05) is 30.3 Å². The van der Waals surface area contributed by atoms with Gasteiger partial charge in [-0.2, -0.15) is 0 Å². The van der Waals surface area contributed by atoms with Crippen molar-refractivity contribution in [1.82, 2.24) is 10.6 Å². The number of aliphatic imine (C=N–C) groups is 1. The average Bonchev–Trinajstić information content (AvgIpc) is 2.49. The minimum Gasteiger partial charge on any atom is -0.352 e. The summed E-state index contributed by atoms with van der Waals surface area (Å²) in [5, 5.41) is 6.07. The third kappa shape index (κ3) is 4.56. The summed E-state index contributed by atoms with van der Waals surface area (Å²) in [6, 6.07) is 12.9. The van der Waals surface area contributed by atoms with Crippen LogP contribution < -0.4 is 10.6 Å². The first-order chi connectivity index (χ1) is 10.2. The molecule has 110 valence electrons. The van der Waals surface area contributed by atoms with E-state index in [-0.39, 0.29) is 11.6 Å². The van der Waals surface area contributed by atoms with Crippen LogP contribution in [-0.2, 0) is 13.1 Å². The summed E-state index contributed by atoms with van der Waals surface area (Å²) in [7, 11) is 1.63. The molecule has 0 aliphatic carbocycles. The number of hydrogen-bond donors (Lipinski definition) is 2. The van der Waals surface area contributed by atoms with Gasteiger partial charge < -0.3 is 10.6 Å². The summed E-state index contributed by atoms with van der Waals surface area (Å²) in [5.74, 6) is -0.00305. The predicted octanol–water partition coefficient (Wildman–Crippen LogP) is 2.83. The maximum Gasteiger partial charge on any atom is 0.191 e. The van der Waals surface area contributed by atoms with E-state index in [0.29, 0.717) is 24.6 Å². The van der Waals surface area contributed by atoms with Crippen molar-refractivity contribution in [2.45, 2.75) is 13.1 Å². The van der Waals surface area contributed by atoms with Crippen molar-refractivity contribution in [1.29, 1.82) is 0 Å². The quantitative estimate of drug-likeness (QED) is 0.671. The lowest BCUT2D eigenvalue weighted by Crippen LogP contribution is -2.36. The Kier molecular flexibility index (Phi) is 5.26. The fourth-order valence-corrected chi connectivity index (χ4v) is 1.87. The molecule has 3 nitrogen and oxygen atoms in total. The van der Waals surface area contributed by atoms with Crippen LogP contribution in [-0.4, -0.2) is 13.0 Å². The standard InChI is InChI=1S/C16H17F2N3/c1-19-16(20-10-12-5-4-7-14(17)9-12)21-11-13-6-2-3-8-15(13)18/h2-9H,10-11H2,1H3,(H2,19,20,21). The third-order valence-electron chi connectivity index (χ3n) is 2.98. The number of nitrogens with zero attached hydrogens (tertiary/aromatic N) is 1. The van der Waals surface area contributed by atoms with Gasteiger partial charge in [0.25, 0.3) is 0 Å². The van der Waals surface area contributed by atoms with Gasteiger partial charge in [0.05, 0.1) is 0 Å². The van der Waals surface area contributed by atoms with Crippen molar-refractivity contribution < 1.29 is 8.78 Å². The Bertz CT molecular complexity index is 626. The van der Waals surface area contributed by atoms with E-state index < -0.39 is 0 Å². The molecule has 0 heterocycles. The van der Waals surface area contributed by atoms with E-state index in [1.165, 1.54) is 18.2 Å². The molecule has 0 saturated carbocycles. The minimum atomic E-state index is -0.274.